The van der Waals surface area contributed by atoms with Crippen LogP contribution >= 0.6 is 0 Å². The van der Waals surface area contributed by atoms with Crippen molar-refractivity contribution in [3.8, 4) is 5.75 Å². The van der Waals surface area contributed by atoms with Crippen LogP contribution in [0.4, 0.5) is 0 Å². The monoisotopic (exact) mass is 278 g/mol. The van der Waals surface area contributed by atoms with Crippen LogP contribution in [0.15, 0.2) is 24.3 Å². The number of hydrogen-bond acceptors (Lipinski definition) is 4. The Labute approximate surface area is 121 Å². The number of nitrogens with two attached hydrogens (primary N) is 1. The molecule has 0 aliphatic carbocycles. The zero-order valence-electron chi connectivity index (χ0n) is 12.3. The first-order valence-electron chi connectivity index (χ1n) is 7.52. The lowest BCUT2D eigenvalue weighted by Crippen LogP contribution is -2.36. The summed E-state index contributed by atoms with van der Waals surface area (Å²) in [5.41, 5.74) is 4.22. The van der Waals surface area contributed by atoms with Gasteiger partial charge in [0.05, 0.1) is 13.2 Å². The van der Waals surface area contributed by atoms with Crippen molar-refractivity contribution in [2.75, 3.05) is 13.7 Å². The van der Waals surface area contributed by atoms with Gasteiger partial charge in [-0.3, -0.25) is 11.3 Å². The van der Waals surface area contributed by atoms with Crippen LogP contribution < -0.4 is 16.0 Å². The summed E-state index contributed by atoms with van der Waals surface area (Å²) >= 11 is 0. The van der Waals surface area contributed by atoms with Gasteiger partial charge in [-0.15, -0.1) is 0 Å². The minimum Gasteiger partial charge on any atom is -0.497 e. The Hall–Kier alpha value is -1.10. The van der Waals surface area contributed by atoms with E-state index in [9.17, 15) is 0 Å². The Morgan fingerprint density at radius 2 is 2.20 bits per heavy atom. The molecule has 3 N–H and O–H groups in total. The average Bonchev–Trinajstić information content (AvgIpc) is 3.00. The second-order valence-corrected chi connectivity index (χ2v) is 5.48. The third-order valence-electron chi connectivity index (χ3n) is 3.98. The fourth-order valence-corrected chi connectivity index (χ4v) is 2.75. The maximum atomic E-state index is 5.66. The minimum atomic E-state index is 0.324. The summed E-state index contributed by atoms with van der Waals surface area (Å²) in [5.74, 6) is 6.56. The molecular weight excluding hydrogens is 252 g/mol. The van der Waals surface area contributed by atoms with Gasteiger partial charge >= 0.3 is 0 Å². The Morgan fingerprint density at radius 1 is 1.40 bits per heavy atom. The average molecular weight is 278 g/mol. The summed E-state index contributed by atoms with van der Waals surface area (Å²) in [7, 11) is 1.68. The maximum absolute atomic E-state index is 5.66. The van der Waals surface area contributed by atoms with Crippen LogP contribution in [0, 0.1) is 0 Å². The largest absolute Gasteiger partial charge is 0.497 e. The number of rotatable bonds is 8. The highest BCUT2D eigenvalue weighted by molar-refractivity contribution is 5.27. The molecule has 112 valence electrons. The molecule has 0 saturated carbocycles. The Kier molecular flexibility index (Phi) is 6.30. The smallest absolute Gasteiger partial charge is 0.118 e. The molecule has 1 aliphatic heterocycles. The number of hydrogen-bond donors (Lipinski definition) is 2. The van der Waals surface area contributed by atoms with Crippen molar-refractivity contribution in [1.29, 1.82) is 0 Å². The van der Waals surface area contributed by atoms with Gasteiger partial charge in [-0.2, -0.15) is 0 Å². The van der Waals surface area contributed by atoms with E-state index in [0.717, 1.165) is 38.0 Å². The topological polar surface area (TPSA) is 56.5 Å². The van der Waals surface area contributed by atoms with E-state index in [4.69, 9.17) is 15.3 Å². The van der Waals surface area contributed by atoms with Crippen molar-refractivity contribution < 1.29 is 9.47 Å². The number of benzene rings is 1. The molecule has 2 unspecified atom stereocenters. The molecule has 1 aliphatic rings. The van der Waals surface area contributed by atoms with Crippen LogP contribution in [0.5, 0.6) is 5.75 Å². The third-order valence-corrected chi connectivity index (χ3v) is 3.98. The van der Waals surface area contributed by atoms with Crippen molar-refractivity contribution in [3.63, 3.8) is 0 Å². The Balaban J connectivity index is 1.72. The van der Waals surface area contributed by atoms with E-state index in [1.54, 1.807) is 7.11 Å². The number of ether oxygens (including phenoxy) is 2. The predicted molar refractivity (Wildman–Crippen MR) is 80.6 cm³/mol. The second-order valence-electron chi connectivity index (χ2n) is 5.48. The van der Waals surface area contributed by atoms with Crippen LogP contribution in [0.1, 0.15) is 37.7 Å². The van der Waals surface area contributed by atoms with Crippen LogP contribution in [0.2, 0.25) is 0 Å². The number of nitrogens with one attached hydrogen (secondary N) is 1. The molecule has 0 radical (unpaired) electrons. The van der Waals surface area contributed by atoms with Crippen molar-refractivity contribution in [1.82, 2.24) is 5.43 Å². The molecule has 0 spiro atoms. The minimum absolute atomic E-state index is 0.324. The molecule has 2 rings (SSSR count). The van der Waals surface area contributed by atoms with Crippen molar-refractivity contribution in [3.05, 3.63) is 29.8 Å². The molecule has 1 aromatic rings. The van der Waals surface area contributed by atoms with E-state index in [2.05, 4.69) is 17.6 Å². The highest BCUT2D eigenvalue weighted by atomic mass is 16.5. The Morgan fingerprint density at radius 3 is 2.80 bits per heavy atom. The first-order chi connectivity index (χ1) is 9.81. The summed E-state index contributed by atoms with van der Waals surface area (Å²) in [6, 6.07) is 8.52. The van der Waals surface area contributed by atoms with E-state index >= 15 is 0 Å². The molecule has 4 nitrogen and oxygen atoms in total. The van der Waals surface area contributed by atoms with Crippen LogP contribution in [-0.4, -0.2) is 25.9 Å². The van der Waals surface area contributed by atoms with Gasteiger partial charge in [0.15, 0.2) is 0 Å². The lowest BCUT2D eigenvalue weighted by Gasteiger charge is -2.17. The van der Waals surface area contributed by atoms with Gasteiger partial charge in [0.2, 0.25) is 0 Å². The van der Waals surface area contributed by atoms with E-state index in [1.165, 1.54) is 18.4 Å². The molecular formula is C16H26N2O2. The van der Waals surface area contributed by atoms with E-state index in [0.29, 0.717) is 12.1 Å². The zero-order chi connectivity index (χ0) is 14.2. The molecule has 4 heteroatoms. The van der Waals surface area contributed by atoms with Crippen molar-refractivity contribution >= 4 is 0 Å². The van der Waals surface area contributed by atoms with E-state index < -0.39 is 0 Å². The first kappa shape index (κ1) is 15.3. The number of hydrazine groups is 1. The van der Waals surface area contributed by atoms with Crippen molar-refractivity contribution in [2.24, 2.45) is 5.84 Å². The van der Waals surface area contributed by atoms with Gasteiger partial charge in [0.1, 0.15) is 5.75 Å². The van der Waals surface area contributed by atoms with Gasteiger partial charge in [0.25, 0.3) is 0 Å². The maximum Gasteiger partial charge on any atom is 0.118 e. The zero-order valence-corrected chi connectivity index (χ0v) is 12.3. The summed E-state index contributed by atoms with van der Waals surface area (Å²) in [6.07, 6.45) is 7.27. The van der Waals surface area contributed by atoms with Gasteiger partial charge in [-0.05, 0) is 56.2 Å². The lowest BCUT2D eigenvalue weighted by atomic mass is 10.00. The van der Waals surface area contributed by atoms with Gasteiger partial charge in [-0.25, -0.2) is 0 Å². The molecule has 1 heterocycles. The van der Waals surface area contributed by atoms with E-state index in [1.807, 2.05) is 12.1 Å². The molecule has 1 fully saturated rings. The molecule has 0 aromatic heterocycles. The molecule has 0 amide bonds. The highest BCUT2D eigenvalue weighted by Crippen LogP contribution is 2.19. The van der Waals surface area contributed by atoms with Gasteiger partial charge in [0, 0.05) is 12.6 Å². The van der Waals surface area contributed by atoms with E-state index in [-0.39, 0.29) is 0 Å². The van der Waals surface area contributed by atoms with Crippen LogP contribution in [0.3, 0.4) is 0 Å². The summed E-state index contributed by atoms with van der Waals surface area (Å²) < 4.78 is 10.8. The summed E-state index contributed by atoms with van der Waals surface area (Å²) in [5, 5.41) is 0. The fraction of sp³-hybridized carbons (Fsp3) is 0.625. The fourth-order valence-electron chi connectivity index (χ4n) is 2.75. The summed E-state index contributed by atoms with van der Waals surface area (Å²) in [4.78, 5) is 0. The molecule has 0 bridgehead atoms. The standard InChI is InChI=1S/C16H26N2O2/c1-19-15-9-7-13(8-10-15)12-14(18-17)4-2-5-16-6-3-11-20-16/h7-10,14,16,18H,2-6,11-12,17H2,1H3. The molecule has 2 atom stereocenters. The quantitative estimate of drug-likeness (QED) is 0.566. The molecule has 20 heavy (non-hydrogen) atoms. The predicted octanol–water partition coefficient (Wildman–Crippen LogP) is 2.42. The second kappa shape index (κ2) is 8.25. The Bertz CT molecular complexity index is 375. The summed E-state index contributed by atoms with van der Waals surface area (Å²) in [6.45, 7) is 0.940. The van der Waals surface area contributed by atoms with Crippen LogP contribution in [0.25, 0.3) is 0 Å². The molecule has 1 saturated heterocycles. The highest BCUT2D eigenvalue weighted by Gasteiger charge is 2.16. The van der Waals surface area contributed by atoms with Gasteiger partial charge in [-0.1, -0.05) is 12.1 Å². The SMILES string of the molecule is COc1ccc(CC(CCCC2CCCO2)NN)cc1. The normalized spacial score (nSPS) is 20.0. The van der Waals surface area contributed by atoms with Crippen LogP contribution in [-0.2, 0) is 11.2 Å². The van der Waals surface area contributed by atoms with Crippen molar-refractivity contribution in [2.45, 2.75) is 50.7 Å². The first-order valence-corrected chi connectivity index (χ1v) is 7.52. The number of methoxy groups -OCH3 is 1. The third kappa shape index (κ3) is 4.78. The van der Waals surface area contributed by atoms with Gasteiger partial charge < -0.3 is 9.47 Å². The lowest BCUT2D eigenvalue weighted by molar-refractivity contribution is 0.101. The molecule has 1 aromatic carbocycles.